The molecule has 2 N–H and O–H groups in total. The van der Waals surface area contributed by atoms with Crippen molar-refractivity contribution in [1.82, 2.24) is 5.32 Å². The minimum absolute atomic E-state index is 0.413. The zero-order valence-corrected chi connectivity index (χ0v) is 9.18. The van der Waals surface area contributed by atoms with Gasteiger partial charge in [-0.1, -0.05) is 13.8 Å². The number of nitrogens with one attached hydrogen (secondary N) is 1. The molecule has 2 atom stereocenters. The first-order valence-corrected chi connectivity index (χ1v) is 5.55. The molecule has 0 aromatic carbocycles. The van der Waals surface area contributed by atoms with Crippen molar-refractivity contribution < 1.29 is 9.84 Å². The topological polar surface area (TPSA) is 41.5 Å². The van der Waals surface area contributed by atoms with Crippen LogP contribution in [0.5, 0.6) is 0 Å². The smallest absolute Gasteiger partial charge is 0.102 e. The van der Waals surface area contributed by atoms with Crippen molar-refractivity contribution in [3.63, 3.8) is 0 Å². The summed E-state index contributed by atoms with van der Waals surface area (Å²) in [6.07, 6.45) is 3.30. The molecule has 0 bridgehead atoms. The highest BCUT2D eigenvalue weighted by Crippen LogP contribution is 2.40. The minimum atomic E-state index is -0.605. The Morgan fingerprint density at radius 3 is 2.64 bits per heavy atom. The number of hydrogen-bond donors (Lipinski definition) is 2. The molecule has 2 unspecified atom stereocenters. The Labute approximate surface area is 85.8 Å². The van der Waals surface area contributed by atoms with E-state index >= 15 is 0 Å². The Morgan fingerprint density at radius 1 is 1.43 bits per heavy atom. The molecule has 1 saturated heterocycles. The number of aliphatic hydroxyl groups is 1. The van der Waals surface area contributed by atoms with Crippen LogP contribution in [-0.2, 0) is 4.74 Å². The first kappa shape index (κ1) is 10.4. The maximum Gasteiger partial charge on any atom is 0.102 e. The van der Waals surface area contributed by atoms with E-state index < -0.39 is 5.60 Å². The molecule has 0 amide bonds. The van der Waals surface area contributed by atoms with Gasteiger partial charge >= 0.3 is 0 Å². The lowest BCUT2D eigenvalue weighted by Crippen LogP contribution is -2.54. The molecule has 2 fully saturated rings. The summed E-state index contributed by atoms with van der Waals surface area (Å²) in [5.74, 6) is 0. The van der Waals surface area contributed by atoms with Gasteiger partial charge in [0.1, 0.15) is 5.60 Å². The summed E-state index contributed by atoms with van der Waals surface area (Å²) in [6, 6.07) is 0.576. The van der Waals surface area contributed by atoms with Crippen LogP contribution in [-0.4, -0.2) is 36.5 Å². The standard InChI is InChI=1S/C11H21NO2/c1-10(2)4-3-9(10)12-7-11(13)5-6-14-8-11/h9,12-13H,3-8H2,1-2H3. The zero-order valence-electron chi connectivity index (χ0n) is 9.18. The van der Waals surface area contributed by atoms with Crippen LogP contribution >= 0.6 is 0 Å². The van der Waals surface area contributed by atoms with Crippen molar-refractivity contribution in [3.8, 4) is 0 Å². The average molecular weight is 199 g/mol. The largest absolute Gasteiger partial charge is 0.386 e. The van der Waals surface area contributed by atoms with E-state index in [0.717, 1.165) is 6.42 Å². The second-order valence-corrected chi connectivity index (χ2v) is 5.49. The molecule has 3 heteroatoms. The Balaban J connectivity index is 1.77. The third kappa shape index (κ3) is 1.95. The molecular formula is C11H21NO2. The summed E-state index contributed by atoms with van der Waals surface area (Å²) in [7, 11) is 0. The fourth-order valence-electron chi connectivity index (χ4n) is 2.29. The lowest BCUT2D eigenvalue weighted by atomic mass is 9.67. The molecule has 0 aromatic heterocycles. The lowest BCUT2D eigenvalue weighted by Gasteiger charge is -2.46. The second kappa shape index (κ2) is 3.47. The van der Waals surface area contributed by atoms with Crippen LogP contribution in [0.15, 0.2) is 0 Å². The summed E-state index contributed by atoms with van der Waals surface area (Å²) in [6.45, 7) is 6.44. The predicted octanol–water partition coefficient (Wildman–Crippen LogP) is 0.916. The molecule has 2 aliphatic rings. The van der Waals surface area contributed by atoms with Gasteiger partial charge < -0.3 is 15.2 Å². The molecule has 1 saturated carbocycles. The summed E-state index contributed by atoms with van der Waals surface area (Å²) < 4.78 is 5.21. The molecule has 0 radical (unpaired) electrons. The molecule has 1 aliphatic heterocycles. The fourth-order valence-corrected chi connectivity index (χ4v) is 2.29. The number of ether oxygens (including phenoxy) is 1. The highest BCUT2D eigenvalue weighted by molar-refractivity contribution is 4.96. The highest BCUT2D eigenvalue weighted by Gasteiger charge is 2.40. The third-order valence-corrected chi connectivity index (χ3v) is 3.78. The minimum Gasteiger partial charge on any atom is -0.386 e. The van der Waals surface area contributed by atoms with E-state index in [2.05, 4.69) is 19.2 Å². The third-order valence-electron chi connectivity index (χ3n) is 3.78. The normalized spacial score (nSPS) is 40.9. The van der Waals surface area contributed by atoms with Crippen LogP contribution in [0.2, 0.25) is 0 Å². The predicted molar refractivity (Wildman–Crippen MR) is 55.2 cm³/mol. The number of hydrogen-bond acceptors (Lipinski definition) is 3. The molecule has 0 aromatic rings. The second-order valence-electron chi connectivity index (χ2n) is 5.49. The van der Waals surface area contributed by atoms with Gasteiger partial charge in [0.15, 0.2) is 0 Å². The molecule has 1 aliphatic carbocycles. The summed E-state index contributed by atoms with van der Waals surface area (Å²) in [4.78, 5) is 0. The van der Waals surface area contributed by atoms with Gasteiger partial charge in [-0.3, -0.25) is 0 Å². The van der Waals surface area contributed by atoms with E-state index in [1.807, 2.05) is 0 Å². The lowest BCUT2D eigenvalue weighted by molar-refractivity contribution is 0.0101. The van der Waals surface area contributed by atoms with E-state index in [-0.39, 0.29) is 0 Å². The average Bonchev–Trinajstić information content (AvgIpc) is 2.51. The van der Waals surface area contributed by atoms with Gasteiger partial charge in [-0.05, 0) is 18.3 Å². The summed E-state index contributed by atoms with van der Waals surface area (Å²) >= 11 is 0. The van der Waals surface area contributed by atoms with Crippen molar-refractivity contribution in [2.45, 2.75) is 44.8 Å². The monoisotopic (exact) mass is 199 g/mol. The Kier molecular flexibility index (Phi) is 2.58. The van der Waals surface area contributed by atoms with Gasteiger partial charge in [0.05, 0.1) is 6.61 Å². The molecule has 3 nitrogen and oxygen atoms in total. The van der Waals surface area contributed by atoms with Gasteiger partial charge in [-0.15, -0.1) is 0 Å². The van der Waals surface area contributed by atoms with E-state index in [1.165, 1.54) is 12.8 Å². The fraction of sp³-hybridized carbons (Fsp3) is 1.00. The van der Waals surface area contributed by atoms with E-state index in [1.54, 1.807) is 0 Å². The highest BCUT2D eigenvalue weighted by atomic mass is 16.5. The van der Waals surface area contributed by atoms with Gasteiger partial charge in [-0.2, -0.15) is 0 Å². The molecular weight excluding hydrogens is 178 g/mol. The van der Waals surface area contributed by atoms with Crippen molar-refractivity contribution in [1.29, 1.82) is 0 Å². The van der Waals surface area contributed by atoms with E-state index in [4.69, 9.17) is 4.74 Å². The molecule has 14 heavy (non-hydrogen) atoms. The summed E-state index contributed by atoms with van der Waals surface area (Å²) in [5, 5.41) is 13.5. The molecule has 82 valence electrons. The Bertz CT molecular complexity index is 209. The van der Waals surface area contributed by atoms with Crippen molar-refractivity contribution in [3.05, 3.63) is 0 Å². The van der Waals surface area contributed by atoms with E-state index in [0.29, 0.717) is 31.2 Å². The maximum absolute atomic E-state index is 10.0. The SMILES string of the molecule is CC1(C)CCC1NCC1(O)CCOC1. The van der Waals surface area contributed by atoms with Crippen LogP contribution in [0.4, 0.5) is 0 Å². The van der Waals surface area contributed by atoms with Gasteiger partial charge in [-0.25, -0.2) is 0 Å². The van der Waals surface area contributed by atoms with Gasteiger partial charge in [0.2, 0.25) is 0 Å². The van der Waals surface area contributed by atoms with Crippen LogP contribution in [0.1, 0.15) is 33.1 Å². The first-order chi connectivity index (χ1) is 6.52. The Morgan fingerprint density at radius 2 is 2.21 bits per heavy atom. The van der Waals surface area contributed by atoms with Crippen molar-refractivity contribution in [2.75, 3.05) is 19.8 Å². The zero-order chi connectivity index (χ0) is 10.2. The van der Waals surface area contributed by atoms with Crippen LogP contribution in [0.3, 0.4) is 0 Å². The van der Waals surface area contributed by atoms with Crippen LogP contribution in [0.25, 0.3) is 0 Å². The molecule has 1 heterocycles. The Hall–Kier alpha value is -0.120. The van der Waals surface area contributed by atoms with E-state index in [9.17, 15) is 5.11 Å². The van der Waals surface area contributed by atoms with Gasteiger partial charge in [0.25, 0.3) is 0 Å². The summed E-state index contributed by atoms with van der Waals surface area (Å²) in [5.41, 5.74) is -0.193. The quantitative estimate of drug-likeness (QED) is 0.710. The van der Waals surface area contributed by atoms with Crippen LogP contribution in [0, 0.1) is 5.41 Å². The molecule has 0 spiro atoms. The van der Waals surface area contributed by atoms with Crippen molar-refractivity contribution in [2.24, 2.45) is 5.41 Å². The van der Waals surface area contributed by atoms with Crippen molar-refractivity contribution >= 4 is 0 Å². The first-order valence-electron chi connectivity index (χ1n) is 5.55. The van der Waals surface area contributed by atoms with Gasteiger partial charge in [0, 0.05) is 25.6 Å². The maximum atomic E-state index is 10.0. The molecule has 2 rings (SSSR count). The number of rotatable bonds is 3. The van der Waals surface area contributed by atoms with Crippen LogP contribution < -0.4 is 5.32 Å².